The molecule has 0 spiro atoms. The Bertz CT molecular complexity index is 413. The first-order chi connectivity index (χ1) is 8.48. The van der Waals surface area contributed by atoms with E-state index in [1.807, 2.05) is 24.3 Å². The molecule has 0 fully saturated rings. The summed E-state index contributed by atoms with van der Waals surface area (Å²) >= 11 is 0. The molecule has 1 aromatic carbocycles. The summed E-state index contributed by atoms with van der Waals surface area (Å²) in [5.74, 6) is 0.143. The Hall–Kier alpha value is -1.55. The van der Waals surface area contributed by atoms with Gasteiger partial charge in [0.15, 0.2) is 5.84 Å². The van der Waals surface area contributed by atoms with Gasteiger partial charge in [0, 0.05) is 17.6 Å². The molecule has 4 heteroatoms. The molecular formula is C14H23N3O. The third kappa shape index (κ3) is 4.37. The van der Waals surface area contributed by atoms with Gasteiger partial charge in [0.2, 0.25) is 0 Å². The fourth-order valence-electron chi connectivity index (χ4n) is 1.95. The predicted octanol–water partition coefficient (Wildman–Crippen LogP) is 2.45. The lowest BCUT2D eigenvalue weighted by molar-refractivity contribution is 0.318. The van der Waals surface area contributed by atoms with Gasteiger partial charge in [0.25, 0.3) is 0 Å². The average molecular weight is 249 g/mol. The van der Waals surface area contributed by atoms with E-state index in [0.29, 0.717) is 0 Å². The molecule has 1 aromatic rings. The maximum atomic E-state index is 8.66. The lowest BCUT2D eigenvalue weighted by Crippen LogP contribution is -2.38. The lowest BCUT2D eigenvalue weighted by Gasteiger charge is -2.26. The van der Waals surface area contributed by atoms with Crippen molar-refractivity contribution in [3.8, 4) is 0 Å². The number of benzene rings is 1. The van der Waals surface area contributed by atoms with E-state index in [1.165, 1.54) is 0 Å². The molecule has 100 valence electrons. The molecule has 0 radical (unpaired) electrons. The van der Waals surface area contributed by atoms with Crippen LogP contribution in [-0.2, 0) is 6.54 Å². The number of oxime groups is 1. The Kier molecular flexibility index (Phi) is 5.16. The first-order valence-electron chi connectivity index (χ1n) is 6.30. The third-order valence-electron chi connectivity index (χ3n) is 2.98. The van der Waals surface area contributed by atoms with E-state index in [0.717, 1.165) is 30.5 Å². The number of nitrogens with two attached hydrogens (primary N) is 1. The van der Waals surface area contributed by atoms with E-state index in [1.54, 1.807) is 0 Å². The molecule has 0 atom stereocenters. The smallest absolute Gasteiger partial charge is 0.170 e. The summed E-state index contributed by atoms with van der Waals surface area (Å²) in [5.41, 5.74) is 7.57. The summed E-state index contributed by atoms with van der Waals surface area (Å²) in [6, 6.07) is 7.71. The standard InChI is InChI=1S/C14H23N3O/c1-4-8-14(2,3)16-10-11-6-5-7-12(9-11)13(15)17-18/h5-7,9,16,18H,4,8,10H2,1-3H3,(H2,15,17). The van der Waals surface area contributed by atoms with Crippen molar-refractivity contribution in [1.82, 2.24) is 5.32 Å². The molecule has 4 nitrogen and oxygen atoms in total. The van der Waals surface area contributed by atoms with Crippen LogP contribution in [0.3, 0.4) is 0 Å². The lowest BCUT2D eigenvalue weighted by atomic mass is 9.98. The molecule has 4 N–H and O–H groups in total. The second-order valence-electron chi connectivity index (χ2n) is 5.17. The van der Waals surface area contributed by atoms with Crippen molar-refractivity contribution in [1.29, 1.82) is 0 Å². The van der Waals surface area contributed by atoms with Gasteiger partial charge in [-0.15, -0.1) is 0 Å². The van der Waals surface area contributed by atoms with Crippen LogP contribution in [0.5, 0.6) is 0 Å². The highest BCUT2D eigenvalue weighted by Crippen LogP contribution is 2.13. The molecule has 0 aliphatic carbocycles. The summed E-state index contributed by atoms with van der Waals surface area (Å²) in [6.45, 7) is 7.36. The average Bonchev–Trinajstić information content (AvgIpc) is 2.36. The molecule has 1 rings (SSSR count). The van der Waals surface area contributed by atoms with Crippen LogP contribution in [0.15, 0.2) is 29.4 Å². The van der Waals surface area contributed by atoms with Crippen molar-refractivity contribution in [3.63, 3.8) is 0 Å². The van der Waals surface area contributed by atoms with Crippen LogP contribution in [-0.4, -0.2) is 16.6 Å². The van der Waals surface area contributed by atoms with Crippen molar-refractivity contribution in [2.75, 3.05) is 0 Å². The molecule has 18 heavy (non-hydrogen) atoms. The molecule has 0 aromatic heterocycles. The minimum Gasteiger partial charge on any atom is -0.409 e. The Balaban J connectivity index is 2.69. The number of hydrogen-bond donors (Lipinski definition) is 3. The number of nitrogens with zero attached hydrogens (tertiary/aromatic N) is 1. The molecule has 0 aliphatic rings. The second kappa shape index (κ2) is 6.40. The van der Waals surface area contributed by atoms with Gasteiger partial charge in [-0.1, -0.05) is 36.7 Å². The highest BCUT2D eigenvalue weighted by atomic mass is 16.4. The van der Waals surface area contributed by atoms with E-state index >= 15 is 0 Å². The van der Waals surface area contributed by atoms with Crippen LogP contribution < -0.4 is 11.1 Å². The minimum atomic E-state index is 0.126. The summed E-state index contributed by atoms with van der Waals surface area (Å²) < 4.78 is 0. The molecule has 0 saturated heterocycles. The zero-order valence-electron chi connectivity index (χ0n) is 11.4. The largest absolute Gasteiger partial charge is 0.409 e. The van der Waals surface area contributed by atoms with Crippen molar-refractivity contribution in [2.24, 2.45) is 10.9 Å². The summed E-state index contributed by atoms with van der Waals surface area (Å²) in [6.07, 6.45) is 2.29. The Labute approximate surface area is 109 Å². The Morgan fingerprint density at radius 3 is 2.78 bits per heavy atom. The highest BCUT2D eigenvalue weighted by molar-refractivity contribution is 5.97. The fourth-order valence-corrected chi connectivity index (χ4v) is 1.95. The van der Waals surface area contributed by atoms with E-state index in [-0.39, 0.29) is 11.4 Å². The maximum Gasteiger partial charge on any atom is 0.170 e. The van der Waals surface area contributed by atoms with Crippen molar-refractivity contribution >= 4 is 5.84 Å². The van der Waals surface area contributed by atoms with Gasteiger partial charge in [-0.2, -0.15) is 0 Å². The monoisotopic (exact) mass is 249 g/mol. The summed E-state index contributed by atoms with van der Waals surface area (Å²) in [5, 5.41) is 15.2. The molecule has 0 bridgehead atoms. The molecule has 0 heterocycles. The van der Waals surface area contributed by atoms with Gasteiger partial charge in [-0.05, 0) is 31.9 Å². The van der Waals surface area contributed by atoms with Crippen LogP contribution in [0.4, 0.5) is 0 Å². The van der Waals surface area contributed by atoms with Crippen LogP contribution in [0.1, 0.15) is 44.7 Å². The van der Waals surface area contributed by atoms with Gasteiger partial charge in [-0.25, -0.2) is 0 Å². The highest BCUT2D eigenvalue weighted by Gasteiger charge is 2.15. The van der Waals surface area contributed by atoms with Crippen LogP contribution in [0.25, 0.3) is 0 Å². The van der Waals surface area contributed by atoms with Crippen LogP contribution in [0, 0.1) is 0 Å². The summed E-state index contributed by atoms with van der Waals surface area (Å²) in [7, 11) is 0. The zero-order valence-corrected chi connectivity index (χ0v) is 11.4. The molecule has 0 saturated carbocycles. The molecule has 0 amide bonds. The number of hydrogen-bond acceptors (Lipinski definition) is 3. The first-order valence-corrected chi connectivity index (χ1v) is 6.30. The fraction of sp³-hybridized carbons (Fsp3) is 0.500. The zero-order chi connectivity index (χ0) is 13.6. The summed E-state index contributed by atoms with van der Waals surface area (Å²) in [4.78, 5) is 0. The molecule has 0 aliphatic heterocycles. The normalized spacial score (nSPS) is 12.7. The number of nitrogens with one attached hydrogen (secondary N) is 1. The van der Waals surface area contributed by atoms with Crippen molar-refractivity contribution in [3.05, 3.63) is 35.4 Å². The van der Waals surface area contributed by atoms with Crippen molar-refractivity contribution in [2.45, 2.75) is 45.7 Å². The van der Waals surface area contributed by atoms with Gasteiger partial charge in [0.1, 0.15) is 0 Å². The third-order valence-corrected chi connectivity index (χ3v) is 2.98. The number of amidine groups is 1. The van der Waals surface area contributed by atoms with Gasteiger partial charge in [-0.3, -0.25) is 0 Å². The van der Waals surface area contributed by atoms with E-state index in [2.05, 4.69) is 31.2 Å². The molecule has 0 unspecified atom stereocenters. The minimum absolute atomic E-state index is 0.126. The van der Waals surface area contributed by atoms with Gasteiger partial charge < -0.3 is 16.3 Å². The topological polar surface area (TPSA) is 70.6 Å². The maximum absolute atomic E-state index is 8.66. The van der Waals surface area contributed by atoms with Gasteiger partial charge in [0.05, 0.1) is 0 Å². The molecular weight excluding hydrogens is 226 g/mol. The number of rotatable bonds is 6. The van der Waals surface area contributed by atoms with E-state index in [4.69, 9.17) is 10.9 Å². The quantitative estimate of drug-likeness (QED) is 0.314. The Morgan fingerprint density at radius 2 is 2.17 bits per heavy atom. The Morgan fingerprint density at radius 1 is 1.44 bits per heavy atom. The van der Waals surface area contributed by atoms with Gasteiger partial charge >= 0.3 is 0 Å². The van der Waals surface area contributed by atoms with E-state index in [9.17, 15) is 0 Å². The van der Waals surface area contributed by atoms with Crippen LogP contribution in [0.2, 0.25) is 0 Å². The predicted molar refractivity (Wildman–Crippen MR) is 74.8 cm³/mol. The van der Waals surface area contributed by atoms with Crippen LogP contribution >= 0.6 is 0 Å². The van der Waals surface area contributed by atoms with E-state index < -0.39 is 0 Å². The van der Waals surface area contributed by atoms with Crippen molar-refractivity contribution < 1.29 is 5.21 Å². The second-order valence-corrected chi connectivity index (χ2v) is 5.17. The first kappa shape index (κ1) is 14.5. The SMILES string of the molecule is CCCC(C)(C)NCc1cccc(/C(N)=N/O)c1.